The van der Waals surface area contributed by atoms with Crippen molar-refractivity contribution in [2.24, 2.45) is 5.14 Å². The molecular formula is C13H17FN2O4S. The fraction of sp³-hybridized carbons (Fsp3) is 0.462. The Balaban J connectivity index is 1.94. The predicted molar refractivity (Wildman–Crippen MR) is 74.6 cm³/mol. The summed E-state index contributed by atoms with van der Waals surface area (Å²) in [5, 5.41) is 7.31. The van der Waals surface area contributed by atoms with Crippen LogP contribution in [0.15, 0.2) is 23.1 Å². The van der Waals surface area contributed by atoms with E-state index >= 15 is 0 Å². The van der Waals surface area contributed by atoms with Crippen LogP contribution in [-0.2, 0) is 19.6 Å². The highest BCUT2D eigenvalue weighted by atomic mass is 32.2. The van der Waals surface area contributed by atoms with Crippen LogP contribution in [0.25, 0.3) is 0 Å². The van der Waals surface area contributed by atoms with Gasteiger partial charge in [0.15, 0.2) is 0 Å². The lowest BCUT2D eigenvalue weighted by atomic mass is 10.1. The third-order valence-electron chi connectivity index (χ3n) is 3.26. The standard InChI is InChI=1S/C13H17FN2O4S/c14-11-8-10(21(15,18)19)4-5-12(11)16-13(17)6-3-9-2-1-7-20-9/h4-5,8-9H,1-3,6-7H2,(H,16,17)(H2,15,18,19). The van der Waals surface area contributed by atoms with Crippen LogP contribution in [0.5, 0.6) is 0 Å². The molecule has 2 rings (SSSR count). The molecule has 116 valence electrons. The van der Waals surface area contributed by atoms with Crippen molar-refractivity contribution < 1.29 is 22.3 Å². The lowest BCUT2D eigenvalue weighted by molar-refractivity contribution is -0.116. The average molecular weight is 316 g/mol. The number of primary sulfonamides is 1. The van der Waals surface area contributed by atoms with Gasteiger partial charge in [-0.05, 0) is 37.5 Å². The Morgan fingerprint density at radius 1 is 1.48 bits per heavy atom. The molecule has 1 atom stereocenters. The number of carbonyl (C=O) groups is 1. The molecule has 1 amide bonds. The molecule has 0 spiro atoms. The molecule has 0 aromatic heterocycles. The van der Waals surface area contributed by atoms with Gasteiger partial charge < -0.3 is 10.1 Å². The van der Waals surface area contributed by atoms with Crippen LogP contribution in [0.2, 0.25) is 0 Å². The van der Waals surface area contributed by atoms with Gasteiger partial charge in [0.1, 0.15) is 5.82 Å². The lowest BCUT2D eigenvalue weighted by Gasteiger charge is -2.10. The van der Waals surface area contributed by atoms with E-state index in [1.54, 1.807) is 0 Å². The maximum Gasteiger partial charge on any atom is 0.238 e. The summed E-state index contributed by atoms with van der Waals surface area (Å²) >= 11 is 0. The smallest absolute Gasteiger partial charge is 0.238 e. The van der Waals surface area contributed by atoms with Gasteiger partial charge in [0.05, 0.1) is 16.7 Å². The molecule has 0 aliphatic carbocycles. The molecular weight excluding hydrogens is 299 g/mol. The Labute approximate surface area is 122 Å². The summed E-state index contributed by atoms with van der Waals surface area (Å²) in [4.78, 5) is 11.4. The van der Waals surface area contributed by atoms with Crippen LogP contribution in [0.4, 0.5) is 10.1 Å². The number of anilines is 1. The van der Waals surface area contributed by atoms with Crippen LogP contribution in [0, 0.1) is 5.82 Å². The van der Waals surface area contributed by atoms with E-state index in [4.69, 9.17) is 9.88 Å². The SMILES string of the molecule is NS(=O)(=O)c1ccc(NC(=O)CCC2CCCO2)c(F)c1. The predicted octanol–water partition coefficient (Wildman–Crippen LogP) is 1.37. The zero-order valence-corrected chi connectivity index (χ0v) is 12.2. The van der Waals surface area contributed by atoms with E-state index in [1.165, 1.54) is 6.07 Å². The van der Waals surface area contributed by atoms with Gasteiger partial charge in [0.2, 0.25) is 15.9 Å². The fourth-order valence-corrected chi connectivity index (χ4v) is 2.68. The van der Waals surface area contributed by atoms with Gasteiger partial charge in [-0.1, -0.05) is 0 Å². The molecule has 1 aromatic rings. The van der Waals surface area contributed by atoms with Gasteiger partial charge in [-0.3, -0.25) is 4.79 Å². The van der Waals surface area contributed by atoms with Crippen LogP contribution in [0.1, 0.15) is 25.7 Å². The Kier molecular flexibility index (Phi) is 4.92. The molecule has 3 N–H and O–H groups in total. The van der Waals surface area contributed by atoms with Crippen molar-refractivity contribution in [3.8, 4) is 0 Å². The molecule has 8 heteroatoms. The number of nitrogens with two attached hydrogens (primary N) is 1. The van der Waals surface area contributed by atoms with E-state index in [-0.39, 0.29) is 29.0 Å². The molecule has 1 unspecified atom stereocenters. The van der Waals surface area contributed by atoms with E-state index in [1.807, 2.05) is 0 Å². The van der Waals surface area contributed by atoms with Crippen LogP contribution < -0.4 is 10.5 Å². The van der Waals surface area contributed by atoms with Crippen molar-refractivity contribution in [1.29, 1.82) is 0 Å². The second-order valence-electron chi connectivity index (χ2n) is 4.91. The molecule has 0 radical (unpaired) electrons. The number of carbonyl (C=O) groups excluding carboxylic acids is 1. The first-order valence-corrected chi connectivity index (χ1v) is 8.15. The lowest BCUT2D eigenvalue weighted by Crippen LogP contribution is -2.17. The maximum atomic E-state index is 13.7. The number of hydrogen-bond donors (Lipinski definition) is 2. The van der Waals surface area contributed by atoms with E-state index < -0.39 is 15.8 Å². The van der Waals surface area contributed by atoms with Crippen molar-refractivity contribution in [2.75, 3.05) is 11.9 Å². The third-order valence-corrected chi connectivity index (χ3v) is 4.17. The Morgan fingerprint density at radius 2 is 2.24 bits per heavy atom. The quantitative estimate of drug-likeness (QED) is 0.857. The van der Waals surface area contributed by atoms with Crippen LogP contribution >= 0.6 is 0 Å². The number of halogens is 1. The molecule has 1 heterocycles. The van der Waals surface area contributed by atoms with E-state index in [2.05, 4.69) is 5.32 Å². The zero-order valence-electron chi connectivity index (χ0n) is 11.3. The fourth-order valence-electron chi connectivity index (χ4n) is 2.15. The van der Waals surface area contributed by atoms with Gasteiger partial charge >= 0.3 is 0 Å². The van der Waals surface area contributed by atoms with Gasteiger partial charge in [-0.15, -0.1) is 0 Å². The monoisotopic (exact) mass is 316 g/mol. The van der Waals surface area contributed by atoms with Gasteiger partial charge in [0.25, 0.3) is 0 Å². The molecule has 1 aliphatic heterocycles. The number of hydrogen-bond acceptors (Lipinski definition) is 4. The first-order valence-electron chi connectivity index (χ1n) is 6.60. The minimum absolute atomic E-state index is 0.0697. The summed E-state index contributed by atoms with van der Waals surface area (Å²) in [6.07, 6.45) is 2.83. The van der Waals surface area contributed by atoms with Crippen LogP contribution in [0.3, 0.4) is 0 Å². The van der Waals surface area contributed by atoms with Crippen molar-refractivity contribution in [3.05, 3.63) is 24.0 Å². The van der Waals surface area contributed by atoms with E-state index in [0.29, 0.717) is 6.42 Å². The summed E-state index contributed by atoms with van der Waals surface area (Å²) in [7, 11) is -3.96. The highest BCUT2D eigenvalue weighted by Crippen LogP contribution is 2.20. The van der Waals surface area contributed by atoms with Gasteiger partial charge in [-0.25, -0.2) is 17.9 Å². The third kappa shape index (κ3) is 4.48. The topological polar surface area (TPSA) is 98.5 Å². The maximum absolute atomic E-state index is 13.7. The highest BCUT2D eigenvalue weighted by molar-refractivity contribution is 7.89. The van der Waals surface area contributed by atoms with Gasteiger partial charge in [0, 0.05) is 13.0 Å². The zero-order chi connectivity index (χ0) is 15.5. The summed E-state index contributed by atoms with van der Waals surface area (Å²) < 4.78 is 41.3. The molecule has 0 saturated carbocycles. The van der Waals surface area contributed by atoms with E-state index in [9.17, 15) is 17.6 Å². The molecule has 1 saturated heterocycles. The number of sulfonamides is 1. The summed E-state index contributed by atoms with van der Waals surface area (Å²) in [5.74, 6) is -1.18. The normalized spacial score (nSPS) is 18.7. The second-order valence-corrected chi connectivity index (χ2v) is 6.47. The Morgan fingerprint density at radius 3 is 2.81 bits per heavy atom. The average Bonchev–Trinajstić information content (AvgIpc) is 2.91. The molecule has 0 bridgehead atoms. The minimum atomic E-state index is -3.96. The Hall–Kier alpha value is -1.51. The van der Waals surface area contributed by atoms with Crippen molar-refractivity contribution >= 4 is 21.6 Å². The van der Waals surface area contributed by atoms with Crippen molar-refractivity contribution in [2.45, 2.75) is 36.7 Å². The van der Waals surface area contributed by atoms with Crippen molar-refractivity contribution in [1.82, 2.24) is 0 Å². The first kappa shape index (κ1) is 15.9. The Bertz CT molecular complexity index is 627. The molecule has 1 aromatic carbocycles. The minimum Gasteiger partial charge on any atom is -0.378 e. The molecule has 1 fully saturated rings. The molecule has 21 heavy (non-hydrogen) atoms. The number of benzene rings is 1. The summed E-state index contributed by atoms with van der Waals surface area (Å²) in [6.45, 7) is 0.718. The largest absolute Gasteiger partial charge is 0.378 e. The van der Waals surface area contributed by atoms with E-state index in [0.717, 1.165) is 31.6 Å². The first-order chi connectivity index (χ1) is 9.86. The van der Waals surface area contributed by atoms with Crippen LogP contribution in [-0.4, -0.2) is 27.0 Å². The number of amides is 1. The molecule has 6 nitrogen and oxygen atoms in total. The number of ether oxygens (including phenoxy) is 1. The number of nitrogens with one attached hydrogen (secondary N) is 1. The van der Waals surface area contributed by atoms with Crippen molar-refractivity contribution in [3.63, 3.8) is 0 Å². The summed E-state index contributed by atoms with van der Waals surface area (Å²) in [6, 6.07) is 3.11. The highest BCUT2D eigenvalue weighted by Gasteiger charge is 2.17. The molecule has 1 aliphatic rings. The number of rotatable bonds is 5. The van der Waals surface area contributed by atoms with Gasteiger partial charge in [-0.2, -0.15) is 0 Å². The second kappa shape index (κ2) is 6.50. The summed E-state index contributed by atoms with van der Waals surface area (Å²) in [5.41, 5.74) is -0.0697.